The van der Waals surface area contributed by atoms with Crippen LogP contribution in [-0.2, 0) is 10.9 Å². The van der Waals surface area contributed by atoms with Crippen LogP contribution in [0, 0.1) is 0 Å². The molecule has 0 amide bonds. The Bertz CT molecular complexity index is 880. The summed E-state index contributed by atoms with van der Waals surface area (Å²) in [4.78, 5) is 7.39. The number of hydrogen-bond acceptors (Lipinski definition) is 1. The summed E-state index contributed by atoms with van der Waals surface area (Å²) in [6.45, 7) is 0. The van der Waals surface area contributed by atoms with E-state index in [9.17, 15) is 0 Å². The summed E-state index contributed by atoms with van der Waals surface area (Å²) < 4.78 is 0. The second-order valence-electron chi connectivity index (χ2n) is 5.68. The Hall–Kier alpha value is -2.84. The van der Waals surface area contributed by atoms with Gasteiger partial charge in [0.1, 0.15) is 10.9 Å². The van der Waals surface area contributed by atoms with Crippen molar-refractivity contribution in [3.8, 4) is 11.1 Å². The Morgan fingerprint density at radius 3 is 1.48 bits per heavy atom. The molecule has 0 unspecified atom stereocenters. The maximum Gasteiger partial charge on any atom is 0.258 e. The van der Waals surface area contributed by atoms with E-state index in [1.54, 1.807) is 0 Å². The highest BCUT2D eigenvalue weighted by atomic mass is 32.2. The van der Waals surface area contributed by atoms with E-state index in [-0.39, 0.29) is 10.9 Å². The van der Waals surface area contributed by atoms with Crippen molar-refractivity contribution in [2.24, 2.45) is 0 Å². The first kappa shape index (κ1) is 15.7. The lowest BCUT2D eigenvalue weighted by Crippen LogP contribution is -2.06. The maximum absolute atomic E-state index is 4.82. The van der Waals surface area contributed by atoms with Crippen molar-refractivity contribution in [3.05, 3.63) is 109 Å². The van der Waals surface area contributed by atoms with Crippen LogP contribution in [0.1, 0.15) is 0 Å². The first-order valence-electron chi connectivity index (χ1n) is 8.28. The molecule has 25 heavy (non-hydrogen) atoms. The van der Waals surface area contributed by atoms with E-state index in [0.717, 1.165) is 10.6 Å². The van der Waals surface area contributed by atoms with Crippen molar-refractivity contribution >= 4 is 10.9 Å². The Morgan fingerprint density at radius 2 is 1.00 bits per heavy atom. The van der Waals surface area contributed by atoms with Gasteiger partial charge in [-0.25, -0.2) is 4.98 Å². The van der Waals surface area contributed by atoms with Crippen molar-refractivity contribution < 1.29 is 0 Å². The third-order valence-electron chi connectivity index (χ3n) is 4.01. The molecule has 0 bridgehead atoms. The maximum atomic E-state index is 4.82. The number of benzene rings is 3. The lowest BCUT2D eigenvalue weighted by molar-refractivity contribution is 1.11. The van der Waals surface area contributed by atoms with Crippen LogP contribution in [0.15, 0.2) is 124 Å². The molecular formula is C23H18NS+. The van der Waals surface area contributed by atoms with Gasteiger partial charge in [0.15, 0.2) is 9.79 Å². The number of aromatic nitrogens is 1. The Balaban J connectivity index is 1.75. The van der Waals surface area contributed by atoms with Gasteiger partial charge in [0.2, 0.25) is 0 Å². The SMILES string of the molecule is c1ccc(-c2ccc([S+](c3ccccc3)c3ccccc3)nc2)cc1. The molecule has 0 saturated heterocycles. The zero-order chi connectivity index (χ0) is 16.9. The minimum Gasteiger partial charge on any atom is -0.209 e. The van der Waals surface area contributed by atoms with Crippen molar-refractivity contribution in [1.29, 1.82) is 0 Å². The second-order valence-corrected chi connectivity index (χ2v) is 7.66. The topological polar surface area (TPSA) is 12.9 Å². The average molecular weight is 340 g/mol. The molecule has 4 rings (SSSR count). The van der Waals surface area contributed by atoms with Gasteiger partial charge in [-0.3, -0.25) is 0 Å². The third-order valence-corrected chi connectivity index (χ3v) is 6.16. The van der Waals surface area contributed by atoms with Crippen LogP contribution in [0.4, 0.5) is 0 Å². The van der Waals surface area contributed by atoms with Gasteiger partial charge in [0.25, 0.3) is 5.03 Å². The predicted molar refractivity (Wildman–Crippen MR) is 105 cm³/mol. The largest absolute Gasteiger partial charge is 0.258 e. The molecule has 0 radical (unpaired) electrons. The van der Waals surface area contributed by atoms with E-state index >= 15 is 0 Å². The fourth-order valence-electron chi connectivity index (χ4n) is 2.79. The van der Waals surface area contributed by atoms with Crippen molar-refractivity contribution in [2.45, 2.75) is 14.8 Å². The van der Waals surface area contributed by atoms with Crippen molar-refractivity contribution in [3.63, 3.8) is 0 Å². The molecule has 2 heteroatoms. The van der Waals surface area contributed by atoms with Gasteiger partial charge in [-0.2, -0.15) is 0 Å². The van der Waals surface area contributed by atoms with Gasteiger partial charge in [0.05, 0.1) is 0 Å². The number of nitrogens with zero attached hydrogens (tertiary/aromatic N) is 1. The van der Waals surface area contributed by atoms with Crippen molar-refractivity contribution in [1.82, 2.24) is 4.98 Å². The molecule has 1 nitrogen and oxygen atoms in total. The van der Waals surface area contributed by atoms with E-state index < -0.39 is 0 Å². The van der Waals surface area contributed by atoms with Gasteiger partial charge in [-0.15, -0.1) is 0 Å². The number of rotatable bonds is 4. The molecule has 1 heterocycles. The van der Waals surface area contributed by atoms with E-state index in [2.05, 4.69) is 97.1 Å². The highest BCUT2D eigenvalue weighted by Crippen LogP contribution is 2.30. The molecule has 0 aliphatic rings. The van der Waals surface area contributed by atoms with Crippen LogP contribution in [0.5, 0.6) is 0 Å². The molecular weight excluding hydrogens is 322 g/mol. The monoisotopic (exact) mass is 340 g/mol. The molecule has 0 aliphatic carbocycles. The van der Waals surface area contributed by atoms with Crippen LogP contribution >= 0.6 is 0 Å². The molecule has 0 spiro atoms. The molecule has 0 aliphatic heterocycles. The fraction of sp³-hybridized carbons (Fsp3) is 0. The second kappa shape index (κ2) is 7.37. The summed E-state index contributed by atoms with van der Waals surface area (Å²) in [6.07, 6.45) is 1.98. The first-order valence-corrected chi connectivity index (χ1v) is 9.50. The smallest absolute Gasteiger partial charge is 0.209 e. The normalized spacial score (nSPS) is 10.8. The quantitative estimate of drug-likeness (QED) is 0.425. The Kier molecular flexibility index (Phi) is 4.62. The Labute approximate surface area is 151 Å². The molecule has 0 atom stereocenters. The molecule has 4 aromatic rings. The lowest BCUT2D eigenvalue weighted by Gasteiger charge is -2.07. The summed E-state index contributed by atoms with van der Waals surface area (Å²) in [7, 11) is -0.190. The van der Waals surface area contributed by atoms with Gasteiger partial charge >= 0.3 is 0 Å². The summed E-state index contributed by atoms with van der Waals surface area (Å²) in [5, 5.41) is 1.09. The minimum absolute atomic E-state index is 0.190. The van der Waals surface area contributed by atoms with E-state index in [1.165, 1.54) is 15.4 Å². The molecule has 120 valence electrons. The Morgan fingerprint density at radius 1 is 0.480 bits per heavy atom. The summed E-state index contributed by atoms with van der Waals surface area (Å²) in [6, 6.07) is 35.9. The fourth-order valence-corrected chi connectivity index (χ4v) is 4.77. The average Bonchev–Trinajstić information content (AvgIpc) is 2.71. The van der Waals surface area contributed by atoms with Crippen LogP contribution in [0.3, 0.4) is 0 Å². The standard InChI is InChI=1S/C23H18NS/c1-4-10-19(11-5-1)20-16-17-23(24-18-20)25(21-12-6-2-7-13-21)22-14-8-3-9-15-22/h1-18H/q+1. The highest BCUT2D eigenvalue weighted by molar-refractivity contribution is 7.97. The van der Waals surface area contributed by atoms with Crippen LogP contribution in [0.2, 0.25) is 0 Å². The van der Waals surface area contributed by atoms with Gasteiger partial charge in [0, 0.05) is 17.8 Å². The number of pyridine rings is 1. The van der Waals surface area contributed by atoms with Crippen molar-refractivity contribution in [2.75, 3.05) is 0 Å². The van der Waals surface area contributed by atoms with E-state index in [0.29, 0.717) is 0 Å². The lowest BCUT2D eigenvalue weighted by atomic mass is 10.1. The molecule has 0 fully saturated rings. The van der Waals surface area contributed by atoms with E-state index in [4.69, 9.17) is 4.98 Å². The first-order chi connectivity index (χ1) is 12.4. The molecule has 0 N–H and O–H groups in total. The van der Waals surface area contributed by atoms with Crippen LogP contribution < -0.4 is 0 Å². The summed E-state index contributed by atoms with van der Waals surface area (Å²) >= 11 is 0. The van der Waals surface area contributed by atoms with Gasteiger partial charge < -0.3 is 0 Å². The number of hydrogen-bond donors (Lipinski definition) is 0. The zero-order valence-electron chi connectivity index (χ0n) is 13.7. The highest BCUT2D eigenvalue weighted by Gasteiger charge is 2.29. The third kappa shape index (κ3) is 3.49. The van der Waals surface area contributed by atoms with Crippen LogP contribution in [0.25, 0.3) is 11.1 Å². The molecule has 3 aromatic carbocycles. The van der Waals surface area contributed by atoms with E-state index in [1.807, 2.05) is 12.3 Å². The van der Waals surface area contributed by atoms with Gasteiger partial charge in [-0.1, -0.05) is 66.7 Å². The van der Waals surface area contributed by atoms with Crippen LogP contribution in [-0.4, -0.2) is 4.98 Å². The summed E-state index contributed by atoms with van der Waals surface area (Å²) in [5.74, 6) is 0. The molecule has 1 aromatic heterocycles. The van der Waals surface area contributed by atoms with Gasteiger partial charge in [-0.05, 0) is 35.9 Å². The molecule has 0 saturated carbocycles. The zero-order valence-corrected chi connectivity index (χ0v) is 14.6. The summed E-state index contributed by atoms with van der Waals surface area (Å²) in [5.41, 5.74) is 2.34. The minimum atomic E-state index is -0.190. The predicted octanol–water partition coefficient (Wildman–Crippen LogP) is 5.84.